The largest absolute Gasteiger partial charge is 0.368 e. The zero-order valence-electron chi connectivity index (χ0n) is 13.4. The molecule has 2 aromatic heterocycles. The number of nitrogens with one attached hydrogen (secondary N) is 1. The summed E-state index contributed by atoms with van der Waals surface area (Å²) >= 11 is 1.52. The highest BCUT2D eigenvalue weighted by Gasteiger charge is 2.15. The zero-order chi connectivity index (χ0) is 17.1. The van der Waals surface area contributed by atoms with E-state index in [9.17, 15) is 4.79 Å². The van der Waals surface area contributed by atoms with Crippen molar-refractivity contribution in [3.8, 4) is 11.1 Å². The van der Waals surface area contributed by atoms with Crippen molar-refractivity contribution in [2.24, 2.45) is 0 Å². The van der Waals surface area contributed by atoms with Crippen molar-refractivity contribution in [1.29, 1.82) is 0 Å². The Morgan fingerprint density at radius 3 is 2.67 bits per heavy atom. The Bertz CT molecular complexity index is 846. The highest BCUT2D eigenvalue weighted by atomic mass is 32.1. The van der Waals surface area contributed by atoms with Crippen LogP contribution in [0.15, 0.2) is 42.2 Å². The number of hydrogen-bond donors (Lipinski definition) is 2. The van der Waals surface area contributed by atoms with Gasteiger partial charge in [0.2, 0.25) is 5.95 Å². The summed E-state index contributed by atoms with van der Waals surface area (Å²) in [4.78, 5) is 24.8. The number of amides is 1. The third kappa shape index (κ3) is 3.41. The average molecular weight is 339 g/mol. The summed E-state index contributed by atoms with van der Waals surface area (Å²) in [6.45, 7) is 3.89. The molecular weight excluding hydrogens is 322 g/mol. The van der Waals surface area contributed by atoms with Crippen molar-refractivity contribution in [1.82, 2.24) is 20.3 Å². The van der Waals surface area contributed by atoms with Gasteiger partial charge in [0.15, 0.2) is 0 Å². The van der Waals surface area contributed by atoms with Crippen molar-refractivity contribution in [2.75, 3.05) is 5.73 Å². The van der Waals surface area contributed by atoms with E-state index in [1.165, 1.54) is 11.3 Å². The molecule has 0 radical (unpaired) electrons. The van der Waals surface area contributed by atoms with Crippen LogP contribution in [0.1, 0.15) is 33.9 Å². The van der Waals surface area contributed by atoms with Crippen LogP contribution in [0.25, 0.3) is 11.1 Å². The topological polar surface area (TPSA) is 93.8 Å². The minimum absolute atomic E-state index is 0.137. The predicted octanol–water partition coefficient (Wildman–Crippen LogP) is 2.98. The van der Waals surface area contributed by atoms with Crippen molar-refractivity contribution in [3.05, 3.63) is 58.3 Å². The van der Waals surface area contributed by atoms with E-state index in [1.54, 1.807) is 24.7 Å². The number of thiazole rings is 1. The van der Waals surface area contributed by atoms with E-state index in [-0.39, 0.29) is 17.9 Å². The molecule has 1 aromatic carbocycles. The maximum Gasteiger partial charge on any atom is 0.251 e. The first kappa shape index (κ1) is 16.1. The van der Waals surface area contributed by atoms with Crippen molar-refractivity contribution in [3.63, 3.8) is 0 Å². The van der Waals surface area contributed by atoms with Crippen molar-refractivity contribution in [2.45, 2.75) is 19.9 Å². The molecule has 0 fully saturated rings. The molecule has 3 N–H and O–H groups in total. The Hall–Kier alpha value is -2.80. The zero-order valence-corrected chi connectivity index (χ0v) is 14.2. The monoisotopic (exact) mass is 339 g/mol. The van der Waals surface area contributed by atoms with Gasteiger partial charge in [-0.1, -0.05) is 6.07 Å². The summed E-state index contributed by atoms with van der Waals surface area (Å²) in [5, 5.41) is 5.73. The number of hydrogen-bond acceptors (Lipinski definition) is 6. The fourth-order valence-corrected chi connectivity index (χ4v) is 2.99. The third-order valence-corrected chi connectivity index (χ3v) is 4.61. The van der Waals surface area contributed by atoms with Gasteiger partial charge in [-0.15, -0.1) is 11.3 Å². The Morgan fingerprint density at radius 2 is 2.00 bits per heavy atom. The van der Waals surface area contributed by atoms with Gasteiger partial charge in [-0.2, -0.15) is 0 Å². The molecule has 0 bridgehead atoms. The third-order valence-electron chi connectivity index (χ3n) is 3.65. The molecule has 7 heteroatoms. The lowest BCUT2D eigenvalue weighted by atomic mass is 10.00. The number of aryl methyl sites for hydroxylation is 1. The number of nitrogens with zero attached hydrogens (tertiary/aromatic N) is 3. The number of nitrogens with two attached hydrogens (primary N) is 1. The summed E-state index contributed by atoms with van der Waals surface area (Å²) in [6.07, 6.45) is 5.04. The number of carbonyl (C=O) groups excluding carboxylic acids is 1. The Kier molecular flexibility index (Phi) is 4.52. The second-order valence-corrected chi connectivity index (χ2v) is 6.35. The smallest absolute Gasteiger partial charge is 0.251 e. The minimum atomic E-state index is -0.143. The van der Waals surface area contributed by atoms with Crippen LogP contribution in [0.4, 0.5) is 5.95 Å². The van der Waals surface area contributed by atoms with Gasteiger partial charge in [-0.05, 0) is 37.1 Å². The van der Waals surface area contributed by atoms with Crippen molar-refractivity contribution < 1.29 is 4.79 Å². The van der Waals surface area contributed by atoms with Gasteiger partial charge in [0, 0.05) is 35.1 Å². The summed E-state index contributed by atoms with van der Waals surface area (Å²) in [6, 6.07) is 5.42. The summed E-state index contributed by atoms with van der Waals surface area (Å²) < 4.78 is 0. The Labute approximate surface area is 143 Å². The first-order chi connectivity index (χ1) is 11.5. The maximum absolute atomic E-state index is 12.5. The highest BCUT2D eigenvalue weighted by molar-refractivity contribution is 7.09. The van der Waals surface area contributed by atoms with Crippen LogP contribution in [0.5, 0.6) is 0 Å². The Balaban J connectivity index is 1.85. The van der Waals surface area contributed by atoms with Gasteiger partial charge in [-0.3, -0.25) is 4.79 Å². The molecule has 122 valence electrons. The number of anilines is 1. The van der Waals surface area contributed by atoms with E-state index in [0.29, 0.717) is 5.56 Å². The lowest BCUT2D eigenvalue weighted by Crippen LogP contribution is -2.26. The number of nitrogen functional groups attached to an aromatic ring is 1. The summed E-state index contributed by atoms with van der Waals surface area (Å²) in [5.41, 5.74) is 8.88. The van der Waals surface area contributed by atoms with Gasteiger partial charge in [0.1, 0.15) is 5.01 Å². The molecule has 2 heterocycles. The first-order valence-electron chi connectivity index (χ1n) is 7.43. The maximum atomic E-state index is 12.5. The molecule has 3 rings (SSSR count). The second kappa shape index (κ2) is 6.76. The van der Waals surface area contributed by atoms with Gasteiger partial charge >= 0.3 is 0 Å². The molecule has 0 spiro atoms. The molecule has 0 saturated carbocycles. The van der Waals surface area contributed by atoms with E-state index in [1.807, 2.05) is 31.4 Å². The molecule has 0 aliphatic heterocycles. The van der Waals surface area contributed by atoms with Gasteiger partial charge in [0.25, 0.3) is 5.91 Å². The second-order valence-electron chi connectivity index (χ2n) is 5.43. The standard InChI is InChI=1S/C17H17N5OS/c1-10-3-4-12(7-14(10)13-8-20-17(18)21-9-13)15(23)22-11(2)16-19-5-6-24-16/h3-9,11H,1-2H3,(H,22,23)(H2,18,20,21)/t11-/m1/s1. The van der Waals surface area contributed by atoms with Gasteiger partial charge in [0.05, 0.1) is 6.04 Å². The summed E-state index contributed by atoms with van der Waals surface area (Å²) in [7, 11) is 0. The van der Waals surface area contributed by atoms with Crippen LogP contribution in [0.2, 0.25) is 0 Å². The molecule has 0 aliphatic rings. The fourth-order valence-electron chi connectivity index (χ4n) is 2.34. The van der Waals surface area contributed by atoms with Crippen LogP contribution in [0.3, 0.4) is 0 Å². The summed E-state index contributed by atoms with van der Waals surface area (Å²) in [5.74, 6) is 0.0814. The van der Waals surface area contributed by atoms with Crippen LogP contribution < -0.4 is 11.1 Å². The molecule has 24 heavy (non-hydrogen) atoms. The van der Waals surface area contributed by atoms with Gasteiger partial charge in [-0.25, -0.2) is 15.0 Å². The van der Waals surface area contributed by atoms with Crippen LogP contribution in [-0.4, -0.2) is 20.9 Å². The van der Waals surface area contributed by atoms with Crippen LogP contribution in [0, 0.1) is 6.92 Å². The number of rotatable bonds is 4. The highest BCUT2D eigenvalue weighted by Crippen LogP contribution is 2.24. The predicted molar refractivity (Wildman–Crippen MR) is 94.6 cm³/mol. The SMILES string of the molecule is Cc1ccc(C(=O)N[C@H](C)c2nccs2)cc1-c1cnc(N)nc1. The molecule has 0 aliphatic carbocycles. The molecule has 1 atom stereocenters. The number of aromatic nitrogens is 3. The fraction of sp³-hybridized carbons (Fsp3) is 0.176. The molecule has 0 saturated heterocycles. The first-order valence-corrected chi connectivity index (χ1v) is 8.31. The van der Waals surface area contributed by atoms with E-state index < -0.39 is 0 Å². The van der Waals surface area contributed by atoms with E-state index >= 15 is 0 Å². The molecule has 0 unspecified atom stereocenters. The normalized spacial score (nSPS) is 11.9. The van der Waals surface area contributed by atoms with E-state index in [0.717, 1.165) is 21.7 Å². The van der Waals surface area contributed by atoms with Gasteiger partial charge < -0.3 is 11.1 Å². The van der Waals surface area contributed by atoms with E-state index in [4.69, 9.17) is 5.73 Å². The molecular formula is C17H17N5OS. The molecule has 6 nitrogen and oxygen atoms in total. The average Bonchev–Trinajstić information content (AvgIpc) is 3.11. The van der Waals surface area contributed by atoms with Crippen molar-refractivity contribution >= 4 is 23.2 Å². The molecule has 3 aromatic rings. The number of benzene rings is 1. The van der Waals surface area contributed by atoms with E-state index in [2.05, 4.69) is 20.3 Å². The number of carbonyl (C=O) groups is 1. The van der Waals surface area contributed by atoms with Crippen LogP contribution >= 0.6 is 11.3 Å². The lowest BCUT2D eigenvalue weighted by molar-refractivity contribution is 0.0940. The quantitative estimate of drug-likeness (QED) is 0.762. The minimum Gasteiger partial charge on any atom is -0.368 e. The Morgan fingerprint density at radius 1 is 1.25 bits per heavy atom. The lowest BCUT2D eigenvalue weighted by Gasteiger charge is -2.13. The molecule has 1 amide bonds. The van der Waals surface area contributed by atoms with Crippen LogP contribution in [-0.2, 0) is 0 Å².